The first-order chi connectivity index (χ1) is 25.4. The van der Waals surface area contributed by atoms with E-state index in [0.29, 0.717) is 60.1 Å². The van der Waals surface area contributed by atoms with Crippen molar-refractivity contribution in [3.63, 3.8) is 0 Å². The van der Waals surface area contributed by atoms with Crippen LogP contribution < -0.4 is 21.3 Å². The maximum Gasteiger partial charge on any atom is 0.255 e. The lowest BCUT2D eigenvalue weighted by molar-refractivity contribution is 0.0943. The third-order valence-corrected chi connectivity index (χ3v) is 8.08. The zero-order valence-corrected chi connectivity index (χ0v) is 28.2. The van der Waals surface area contributed by atoms with E-state index in [2.05, 4.69) is 31.2 Å². The van der Waals surface area contributed by atoms with E-state index in [-0.39, 0.29) is 36.5 Å². The molecule has 6 aromatic rings. The molecule has 0 fully saturated rings. The molecule has 0 unspecified atom stereocenters. The van der Waals surface area contributed by atoms with Crippen LogP contribution in [-0.2, 0) is 25.9 Å². The molecule has 0 saturated carbocycles. The van der Waals surface area contributed by atoms with Crippen molar-refractivity contribution in [2.24, 2.45) is 0 Å². The van der Waals surface area contributed by atoms with Crippen LogP contribution in [0.2, 0.25) is 0 Å². The first-order valence-electron chi connectivity index (χ1n) is 16.7. The molecule has 4 heterocycles. The molecular formula is C40H36F2N8O2. The summed E-state index contributed by atoms with van der Waals surface area (Å²) in [7, 11) is 0. The van der Waals surface area contributed by atoms with Gasteiger partial charge in [-0.25, -0.2) is 18.7 Å². The van der Waals surface area contributed by atoms with Crippen LogP contribution in [0.4, 0.5) is 20.4 Å². The van der Waals surface area contributed by atoms with Crippen LogP contribution in [0.25, 0.3) is 11.4 Å². The third kappa shape index (κ3) is 9.78. The molecule has 10 nitrogen and oxygen atoms in total. The molecule has 262 valence electrons. The Morgan fingerprint density at radius 1 is 0.538 bits per heavy atom. The summed E-state index contributed by atoms with van der Waals surface area (Å²) in [6.07, 6.45) is 7.66. The number of hydrogen-bond acceptors (Lipinski definition) is 8. The summed E-state index contributed by atoms with van der Waals surface area (Å²) in [6.45, 7) is 1.29. The second kappa shape index (κ2) is 17.4. The normalized spacial score (nSPS) is 10.7. The Morgan fingerprint density at radius 2 is 0.981 bits per heavy atom. The van der Waals surface area contributed by atoms with Crippen LogP contribution in [0.5, 0.6) is 0 Å². The molecule has 6 rings (SSSR count). The van der Waals surface area contributed by atoms with Gasteiger partial charge in [0.25, 0.3) is 11.8 Å². The van der Waals surface area contributed by atoms with Crippen LogP contribution in [0.3, 0.4) is 0 Å². The van der Waals surface area contributed by atoms with Crippen molar-refractivity contribution < 1.29 is 18.4 Å². The van der Waals surface area contributed by atoms with Gasteiger partial charge in [0.15, 0.2) is 0 Å². The minimum Gasteiger partial charge on any atom is -0.369 e. The van der Waals surface area contributed by atoms with E-state index in [9.17, 15) is 18.4 Å². The average Bonchev–Trinajstić information content (AvgIpc) is 3.17. The lowest BCUT2D eigenvalue weighted by Gasteiger charge is -2.15. The van der Waals surface area contributed by atoms with Crippen molar-refractivity contribution in [3.8, 4) is 11.4 Å². The fraction of sp³-hybridized carbons (Fsp3) is 0.150. The number of hydrogen-bond donors (Lipinski definition) is 4. The average molecular weight is 699 g/mol. The summed E-state index contributed by atoms with van der Waals surface area (Å²) in [5.74, 6) is -0.701. The number of carbonyl (C=O) groups is 2. The Labute approximate surface area is 299 Å². The van der Waals surface area contributed by atoms with Crippen LogP contribution in [0.15, 0.2) is 122 Å². The Bertz CT molecular complexity index is 1980. The molecule has 2 amide bonds. The number of aromatic nitrogens is 4. The van der Waals surface area contributed by atoms with E-state index in [0.717, 1.165) is 22.3 Å². The molecule has 0 bridgehead atoms. The largest absolute Gasteiger partial charge is 0.369 e. The summed E-state index contributed by atoms with van der Waals surface area (Å²) in [5.41, 5.74) is 4.79. The molecular weight excluding hydrogens is 662 g/mol. The summed E-state index contributed by atoms with van der Waals surface area (Å²) in [5, 5.41) is 12.3. The fourth-order valence-corrected chi connectivity index (χ4v) is 5.44. The smallest absolute Gasteiger partial charge is 0.255 e. The molecule has 0 atom stereocenters. The molecule has 0 radical (unpaired) electrons. The Balaban J connectivity index is 1.26. The number of pyridine rings is 4. The van der Waals surface area contributed by atoms with Gasteiger partial charge in [-0.15, -0.1) is 0 Å². The molecule has 52 heavy (non-hydrogen) atoms. The fourth-order valence-electron chi connectivity index (χ4n) is 5.44. The molecule has 2 aromatic carbocycles. The van der Waals surface area contributed by atoms with E-state index in [4.69, 9.17) is 9.97 Å². The maximum atomic E-state index is 13.8. The topological polar surface area (TPSA) is 134 Å². The minimum atomic E-state index is -0.343. The number of amides is 2. The monoisotopic (exact) mass is 698 g/mol. The summed E-state index contributed by atoms with van der Waals surface area (Å²) in [4.78, 5) is 44.6. The van der Waals surface area contributed by atoms with Gasteiger partial charge in [-0.3, -0.25) is 19.6 Å². The highest BCUT2D eigenvalue weighted by atomic mass is 19.1. The zero-order valence-electron chi connectivity index (χ0n) is 28.2. The van der Waals surface area contributed by atoms with E-state index < -0.39 is 0 Å². The molecule has 0 aliphatic heterocycles. The van der Waals surface area contributed by atoms with Gasteiger partial charge in [-0.05, 0) is 95.8 Å². The van der Waals surface area contributed by atoms with Crippen LogP contribution in [-0.4, -0.2) is 44.8 Å². The third-order valence-electron chi connectivity index (χ3n) is 8.08. The number of anilines is 2. The molecule has 0 aliphatic carbocycles. The number of carbonyl (C=O) groups excluding carboxylic acids is 2. The molecule has 0 saturated heterocycles. The second-order valence-electron chi connectivity index (χ2n) is 11.9. The van der Waals surface area contributed by atoms with Gasteiger partial charge in [0, 0.05) is 51.0 Å². The standard InChI is InChI=1S/C40H36F2N8O2/c41-31-9-1-5-27(21-31)15-19-45-37-33(39(51)47-25-29-7-3-17-43-23-29)11-13-35(49-37)36-14-12-34(40(52)48-26-30-8-4-18-44-24-30)38(50-36)46-20-16-28-6-2-10-32(42)22-28/h1-14,17-18,21-24H,15-16,19-20,25-26H2,(H,45,49)(H,46,50)(H,47,51)(H,48,52). The van der Waals surface area contributed by atoms with Crippen molar-refractivity contribution in [2.45, 2.75) is 25.9 Å². The quantitative estimate of drug-likeness (QED) is 0.0972. The van der Waals surface area contributed by atoms with Crippen molar-refractivity contribution in [1.82, 2.24) is 30.6 Å². The van der Waals surface area contributed by atoms with Gasteiger partial charge in [0.05, 0.1) is 22.5 Å². The van der Waals surface area contributed by atoms with Crippen molar-refractivity contribution >= 4 is 23.5 Å². The van der Waals surface area contributed by atoms with E-state index in [1.165, 1.54) is 24.3 Å². The van der Waals surface area contributed by atoms with Gasteiger partial charge < -0.3 is 21.3 Å². The van der Waals surface area contributed by atoms with Crippen LogP contribution >= 0.6 is 0 Å². The summed E-state index contributed by atoms with van der Waals surface area (Å²) >= 11 is 0. The Hall–Kier alpha value is -6.56. The highest BCUT2D eigenvalue weighted by Gasteiger charge is 2.18. The minimum absolute atomic E-state index is 0.272. The van der Waals surface area contributed by atoms with Gasteiger partial charge >= 0.3 is 0 Å². The highest BCUT2D eigenvalue weighted by molar-refractivity contribution is 6.00. The molecule has 12 heteroatoms. The van der Waals surface area contributed by atoms with Gasteiger partial charge in [0.1, 0.15) is 23.3 Å². The van der Waals surface area contributed by atoms with Crippen LogP contribution in [0.1, 0.15) is 43.0 Å². The lowest BCUT2D eigenvalue weighted by atomic mass is 10.1. The summed E-state index contributed by atoms with van der Waals surface area (Å²) in [6, 6.07) is 26.7. The number of halogens is 2. The molecule has 0 spiro atoms. The van der Waals surface area contributed by atoms with Gasteiger partial charge in [-0.1, -0.05) is 36.4 Å². The van der Waals surface area contributed by atoms with Crippen LogP contribution in [0, 0.1) is 11.6 Å². The van der Waals surface area contributed by atoms with Gasteiger partial charge in [0.2, 0.25) is 0 Å². The Morgan fingerprint density at radius 3 is 1.38 bits per heavy atom. The zero-order chi connectivity index (χ0) is 36.1. The number of nitrogens with one attached hydrogen (secondary N) is 4. The maximum absolute atomic E-state index is 13.8. The van der Waals surface area contributed by atoms with E-state index in [1.54, 1.807) is 73.3 Å². The summed E-state index contributed by atoms with van der Waals surface area (Å²) < 4.78 is 27.6. The first-order valence-corrected chi connectivity index (χ1v) is 16.7. The molecule has 4 N–H and O–H groups in total. The number of benzene rings is 2. The Kier molecular flexibility index (Phi) is 11.8. The van der Waals surface area contributed by atoms with Gasteiger partial charge in [-0.2, -0.15) is 0 Å². The number of nitrogens with zero attached hydrogens (tertiary/aromatic N) is 4. The predicted molar refractivity (Wildman–Crippen MR) is 195 cm³/mol. The van der Waals surface area contributed by atoms with Crippen molar-refractivity contribution in [3.05, 3.63) is 167 Å². The predicted octanol–water partition coefficient (Wildman–Crippen LogP) is 6.38. The van der Waals surface area contributed by atoms with Crippen molar-refractivity contribution in [1.29, 1.82) is 0 Å². The van der Waals surface area contributed by atoms with E-state index in [1.807, 2.05) is 24.3 Å². The molecule has 0 aliphatic rings. The van der Waals surface area contributed by atoms with E-state index >= 15 is 0 Å². The highest BCUT2D eigenvalue weighted by Crippen LogP contribution is 2.25. The first kappa shape index (κ1) is 35.3. The van der Waals surface area contributed by atoms with Crippen molar-refractivity contribution in [2.75, 3.05) is 23.7 Å². The lowest BCUT2D eigenvalue weighted by Crippen LogP contribution is -2.25. The molecule has 4 aromatic heterocycles. The SMILES string of the molecule is O=C(NCc1cccnc1)c1ccc(-c2ccc(C(=O)NCc3cccnc3)c(NCCc3cccc(F)c3)n2)nc1NCCc1cccc(F)c1. The second-order valence-corrected chi connectivity index (χ2v) is 11.9. The number of rotatable bonds is 15.